The highest BCUT2D eigenvalue weighted by molar-refractivity contribution is 8.03. The van der Waals surface area contributed by atoms with E-state index >= 15 is 0 Å². The maximum atomic E-state index is 13.3. The number of amides is 2. The highest BCUT2D eigenvalue weighted by Gasteiger charge is 2.39. The smallest absolute Gasteiger partial charge is 0.268 e. The van der Waals surface area contributed by atoms with Gasteiger partial charge in [0.25, 0.3) is 11.8 Å². The Morgan fingerprint density at radius 3 is 2.41 bits per heavy atom. The molecular formula is C25H22FNO4S. The molecule has 0 atom stereocenters. The molecule has 5 nitrogen and oxygen atoms in total. The third-order valence-electron chi connectivity index (χ3n) is 4.93. The van der Waals surface area contributed by atoms with Crippen molar-refractivity contribution in [2.45, 2.75) is 25.6 Å². The average molecular weight is 452 g/mol. The van der Waals surface area contributed by atoms with Gasteiger partial charge in [-0.3, -0.25) is 14.5 Å². The van der Waals surface area contributed by atoms with E-state index in [0.29, 0.717) is 45.5 Å². The summed E-state index contributed by atoms with van der Waals surface area (Å²) in [6, 6.07) is 16.6. The fraction of sp³-hybridized carbons (Fsp3) is 0.200. The summed E-state index contributed by atoms with van der Waals surface area (Å²) in [4.78, 5) is 28.1. The lowest BCUT2D eigenvalue weighted by atomic mass is 10.1. The second-order valence-electron chi connectivity index (χ2n) is 7.27. The van der Waals surface area contributed by atoms with E-state index in [1.165, 1.54) is 28.8 Å². The minimum Gasteiger partial charge on any atom is -0.494 e. The molecule has 0 N–H and O–H groups in total. The van der Waals surface area contributed by atoms with Crippen LogP contribution in [0.2, 0.25) is 0 Å². The summed E-state index contributed by atoms with van der Waals surface area (Å²) in [7, 11) is 0. The van der Waals surface area contributed by atoms with Gasteiger partial charge < -0.3 is 9.15 Å². The number of carbonyl (C=O) groups excluding carboxylic acids is 2. The number of furan rings is 1. The van der Waals surface area contributed by atoms with Gasteiger partial charge in [-0.2, -0.15) is 0 Å². The second-order valence-corrected chi connectivity index (χ2v) is 8.25. The molecule has 32 heavy (non-hydrogen) atoms. The Balaban J connectivity index is 1.63. The summed E-state index contributed by atoms with van der Waals surface area (Å²) < 4.78 is 24.3. The quantitative estimate of drug-likeness (QED) is 0.407. The van der Waals surface area contributed by atoms with Gasteiger partial charge in [-0.25, -0.2) is 4.39 Å². The minimum absolute atomic E-state index is 0.0734. The van der Waals surface area contributed by atoms with Crippen molar-refractivity contribution in [1.82, 2.24) is 4.90 Å². The fourth-order valence-corrected chi connectivity index (χ4v) is 4.37. The number of hydrogen-bond donors (Lipinski definition) is 0. The van der Waals surface area contributed by atoms with Crippen LogP contribution in [0.1, 0.15) is 30.2 Å². The van der Waals surface area contributed by atoms with Crippen molar-refractivity contribution < 1.29 is 23.1 Å². The van der Waals surface area contributed by atoms with E-state index in [1.807, 2.05) is 13.0 Å². The molecule has 1 aliphatic heterocycles. The van der Waals surface area contributed by atoms with Crippen molar-refractivity contribution in [2.24, 2.45) is 0 Å². The highest BCUT2D eigenvalue weighted by Crippen LogP contribution is 2.38. The number of benzene rings is 2. The van der Waals surface area contributed by atoms with Crippen LogP contribution in [0.25, 0.3) is 5.57 Å². The van der Waals surface area contributed by atoms with Crippen molar-refractivity contribution in [1.29, 1.82) is 0 Å². The predicted octanol–water partition coefficient (Wildman–Crippen LogP) is 5.42. The van der Waals surface area contributed by atoms with E-state index in [1.54, 1.807) is 48.7 Å². The molecule has 0 bridgehead atoms. The van der Waals surface area contributed by atoms with Crippen molar-refractivity contribution >= 4 is 29.1 Å². The molecule has 3 aromatic rings. The third-order valence-corrected chi connectivity index (χ3v) is 6.03. The molecule has 0 saturated carbocycles. The van der Waals surface area contributed by atoms with Crippen molar-refractivity contribution in [3.63, 3.8) is 0 Å². The zero-order valence-electron chi connectivity index (χ0n) is 17.5. The van der Waals surface area contributed by atoms with Crippen LogP contribution >= 0.6 is 11.8 Å². The first-order valence-electron chi connectivity index (χ1n) is 10.3. The van der Waals surface area contributed by atoms with Gasteiger partial charge >= 0.3 is 0 Å². The number of halogens is 1. The van der Waals surface area contributed by atoms with Crippen LogP contribution in [-0.4, -0.2) is 23.3 Å². The Bertz CT molecular complexity index is 1120. The molecule has 0 spiro atoms. The van der Waals surface area contributed by atoms with E-state index in [-0.39, 0.29) is 24.2 Å². The Kier molecular flexibility index (Phi) is 6.75. The number of rotatable bonds is 9. The number of ether oxygens (including phenoxy) is 1. The normalized spacial score (nSPS) is 13.9. The highest BCUT2D eigenvalue weighted by atomic mass is 32.2. The summed E-state index contributed by atoms with van der Waals surface area (Å²) >= 11 is 1.27. The number of hydrogen-bond acceptors (Lipinski definition) is 5. The SMILES string of the molecule is CCCOc1ccc(C2=C(SCc3ccco3)C(=O)N(Cc3ccc(F)cc3)C2=O)cc1. The fourth-order valence-electron chi connectivity index (χ4n) is 3.33. The molecule has 0 fully saturated rings. The number of imide groups is 1. The van der Waals surface area contributed by atoms with E-state index in [2.05, 4.69) is 0 Å². The van der Waals surface area contributed by atoms with Crippen LogP contribution < -0.4 is 4.74 Å². The summed E-state index contributed by atoms with van der Waals surface area (Å²) in [6.07, 6.45) is 2.47. The van der Waals surface area contributed by atoms with Crippen LogP contribution in [0, 0.1) is 5.82 Å². The molecule has 0 radical (unpaired) electrons. The summed E-state index contributed by atoms with van der Waals surface area (Å²) in [5, 5.41) is 0. The maximum absolute atomic E-state index is 13.3. The Morgan fingerprint density at radius 2 is 1.75 bits per heavy atom. The summed E-state index contributed by atoms with van der Waals surface area (Å²) in [5.41, 5.74) is 1.68. The van der Waals surface area contributed by atoms with Crippen LogP contribution in [0.4, 0.5) is 4.39 Å². The lowest BCUT2D eigenvalue weighted by molar-refractivity contribution is -0.137. The average Bonchev–Trinajstić information content (AvgIpc) is 3.40. The van der Waals surface area contributed by atoms with Gasteiger partial charge in [0.15, 0.2) is 0 Å². The Morgan fingerprint density at radius 1 is 1.00 bits per heavy atom. The Labute approximate surface area is 189 Å². The molecular weight excluding hydrogens is 429 g/mol. The topological polar surface area (TPSA) is 59.8 Å². The van der Waals surface area contributed by atoms with Crippen LogP contribution in [-0.2, 0) is 21.9 Å². The zero-order chi connectivity index (χ0) is 22.5. The molecule has 1 aliphatic rings. The summed E-state index contributed by atoms with van der Waals surface area (Å²) in [5.74, 6) is 0.739. The summed E-state index contributed by atoms with van der Waals surface area (Å²) in [6.45, 7) is 2.71. The van der Waals surface area contributed by atoms with Gasteiger partial charge in [-0.15, -0.1) is 11.8 Å². The molecule has 4 rings (SSSR count). The Hall–Kier alpha value is -3.32. The second kappa shape index (κ2) is 9.87. The molecule has 7 heteroatoms. The molecule has 0 aliphatic carbocycles. The first kappa shape index (κ1) is 21.9. The lowest BCUT2D eigenvalue weighted by Crippen LogP contribution is -2.30. The van der Waals surface area contributed by atoms with E-state index in [9.17, 15) is 14.0 Å². The maximum Gasteiger partial charge on any atom is 0.268 e. The van der Waals surface area contributed by atoms with Gasteiger partial charge in [0.2, 0.25) is 0 Å². The van der Waals surface area contributed by atoms with Crippen molar-refractivity contribution in [3.05, 3.63) is 94.5 Å². The molecule has 0 unspecified atom stereocenters. The zero-order valence-corrected chi connectivity index (χ0v) is 18.4. The lowest BCUT2D eigenvalue weighted by Gasteiger charge is -2.15. The van der Waals surface area contributed by atoms with Gasteiger partial charge in [-0.1, -0.05) is 31.2 Å². The molecule has 2 aromatic carbocycles. The van der Waals surface area contributed by atoms with Crippen molar-refractivity contribution in [2.75, 3.05) is 6.61 Å². The molecule has 164 valence electrons. The van der Waals surface area contributed by atoms with E-state index < -0.39 is 0 Å². The van der Waals surface area contributed by atoms with Crippen LogP contribution in [0.3, 0.4) is 0 Å². The third kappa shape index (κ3) is 4.78. The predicted molar refractivity (Wildman–Crippen MR) is 121 cm³/mol. The number of thioether (sulfide) groups is 1. The first-order valence-corrected chi connectivity index (χ1v) is 11.3. The monoisotopic (exact) mass is 451 g/mol. The number of carbonyl (C=O) groups is 2. The molecule has 0 saturated heterocycles. The van der Waals surface area contributed by atoms with Crippen LogP contribution in [0.15, 0.2) is 76.2 Å². The molecule has 1 aromatic heterocycles. The van der Waals surface area contributed by atoms with Gasteiger partial charge in [0, 0.05) is 0 Å². The van der Waals surface area contributed by atoms with Crippen molar-refractivity contribution in [3.8, 4) is 5.75 Å². The van der Waals surface area contributed by atoms with Crippen LogP contribution in [0.5, 0.6) is 5.75 Å². The van der Waals surface area contributed by atoms with E-state index in [0.717, 1.165) is 6.42 Å². The standard InChI is InChI=1S/C25H22FNO4S/c1-2-13-30-20-11-7-18(8-12-20)22-23(32-16-21-4-3-14-31-21)25(29)27(24(22)28)15-17-5-9-19(26)10-6-17/h3-12,14H,2,13,15-16H2,1H3. The molecule has 2 amide bonds. The van der Waals surface area contributed by atoms with Gasteiger partial charge in [-0.05, 0) is 53.9 Å². The van der Waals surface area contributed by atoms with Gasteiger partial charge in [0.05, 0.1) is 35.6 Å². The minimum atomic E-state index is -0.372. The van der Waals surface area contributed by atoms with E-state index in [4.69, 9.17) is 9.15 Å². The first-order chi connectivity index (χ1) is 15.6. The largest absolute Gasteiger partial charge is 0.494 e. The number of nitrogens with zero attached hydrogens (tertiary/aromatic N) is 1. The molecule has 2 heterocycles. The van der Waals surface area contributed by atoms with Gasteiger partial charge in [0.1, 0.15) is 17.3 Å².